The second kappa shape index (κ2) is 7.04. The standard InChI is InChI=1S/C15H18N2O3S2/c1-12-5-3-6-14(11-12)17(13(2)18)9-8-16-22(19,20)15-7-4-10-21-15/h3-7,10-11,16H,8-9H2,1-2H3. The van der Waals surface area contributed by atoms with Crippen molar-refractivity contribution < 1.29 is 13.2 Å². The van der Waals surface area contributed by atoms with Crippen LogP contribution in [0.25, 0.3) is 0 Å². The number of carbonyl (C=O) groups is 1. The fraction of sp³-hybridized carbons (Fsp3) is 0.267. The highest BCUT2D eigenvalue weighted by molar-refractivity contribution is 7.91. The van der Waals surface area contributed by atoms with E-state index >= 15 is 0 Å². The van der Waals surface area contributed by atoms with Gasteiger partial charge in [-0.25, -0.2) is 13.1 Å². The number of nitrogens with one attached hydrogen (secondary N) is 1. The second-order valence-corrected chi connectivity index (χ2v) is 7.78. The van der Waals surface area contributed by atoms with Crippen molar-refractivity contribution in [3.8, 4) is 0 Å². The number of benzene rings is 1. The Hall–Kier alpha value is -1.70. The first-order valence-corrected chi connectivity index (χ1v) is 9.14. The number of amides is 1. The van der Waals surface area contributed by atoms with Gasteiger partial charge in [0, 0.05) is 25.7 Å². The van der Waals surface area contributed by atoms with Crippen molar-refractivity contribution >= 4 is 33.0 Å². The molecule has 1 N–H and O–H groups in total. The number of hydrogen-bond donors (Lipinski definition) is 1. The molecule has 2 aromatic rings. The summed E-state index contributed by atoms with van der Waals surface area (Å²) in [6, 6.07) is 10.8. The third-order valence-electron chi connectivity index (χ3n) is 3.08. The number of carbonyl (C=O) groups excluding carboxylic acids is 1. The van der Waals surface area contributed by atoms with Crippen LogP contribution in [-0.2, 0) is 14.8 Å². The molecule has 5 nitrogen and oxygen atoms in total. The summed E-state index contributed by atoms with van der Waals surface area (Å²) in [5.74, 6) is -0.124. The number of sulfonamides is 1. The lowest BCUT2D eigenvalue weighted by Gasteiger charge is -2.21. The van der Waals surface area contributed by atoms with Crippen LogP contribution in [0.2, 0.25) is 0 Å². The van der Waals surface area contributed by atoms with E-state index in [2.05, 4.69) is 4.72 Å². The molecule has 0 radical (unpaired) electrons. The minimum atomic E-state index is -3.50. The molecular formula is C15H18N2O3S2. The predicted molar refractivity (Wildman–Crippen MR) is 88.7 cm³/mol. The van der Waals surface area contributed by atoms with Crippen LogP contribution in [-0.4, -0.2) is 27.4 Å². The van der Waals surface area contributed by atoms with Gasteiger partial charge in [-0.1, -0.05) is 18.2 Å². The summed E-state index contributed by atoms with van der Waals surface area (Å²) in [5, 5.41) is 1.71. The highest BCUT2D eigenvalue weighted by Gasteiger charge is 2.16. The lowest BCUT2D eigenvalue weighted by molar-refractivity contribution is -0.116. The largest absolute Gasteiger partial charge is 0.311 e. The maximum atomic E-state index is 12.0. The van der Waals surface area contributed by atoms with Crippen molar-refractivity contribution in [2.24, 2.45) is 0 Å². The molecule has 0 fully saturated rings. The van der Waals surface area contributed by atoms with Crippen molar-refractivity contribution in [1.29, 1.82) is 0 Å². The third-order valence-corrected chi connectivity index (χ3v) is 5.94. The minimum absolute atomic E-state index is 0.124. The Labute approximate surface area is 134 Å². The van der Waals surface area contributed by atoms with E-state index in [0.29, 0.717) is 0 Å². The molecule has 0 unspecified atom stereocenters. The first kappa shape index (κ1) is 16.7. The Morgan fingerprint density at radius 3 is 2.64 bits per heavy atom. The molecule has 7 heteroatoms. The van der Waals surface area contributed by atoms with E-state index < -0.39 is 10.0 Å². The van der Waals surface area contributed by atoms with Crippen LogP contribution in [0.1, 0.15) is 12.5 Å². The highest BCUT2D eigenvalue weighted by atomic mass is 32.2. The average Bonchev–Trinajstić information content (AvgIpc) is 2.98. The molecule has 1 aromatic heterocycles. The molecule has 0 bridgehead atoms. The number of nitrogens with zero attached hydrogens (tertiary/aromatic N) is 1. The van der Waals surface area contributed by atoms with Crippen LogP contribution in [0.5, 0.6) is 0 Å². The predicted octanol–water partition coefficient (Wildman–Crippen LogP) is 2.39. The summed E-state index contributed by atoms with van der Waals surface area (Å²) in [4.78, 5) is 13.4. The highest BCUT2D eigenvalue weighted by Crippen LogP contribution is 2.17. The van der Waals surface area contributed by atoms with Gasteiger partial charge in [-0.05, 0) is 36.1 Å². The van der Waals surface area contributed by atoms with Gasteiger partial charge >= 0.3 is 0 Å². The Balaban J connectivity index is 2.03. The van der Waals surface area contributed by atoms with Crippen LogP contribution >= 0.6 is 11.3 Å². The summed E-state index contributed by atoms with van der Waals surface area (Å²) in [6.07, 6.45) is 0. The number of hydrogen-bond acceptors (Lipinski definition) is 4. The zero-order chi connectivity index (χ0) is 16.2. The molecule has 0 aliphatic carbocycles. The van der Waals surface area contributed by atoms with Crippen LogP contribution in [0.4, 0.5) is 5.69 Å². The molecule has 0 aliphatic heterocycles. The zero-order valence-corrected chi connectivity index (χ0v) is 14.1. The molecule has 1 aromatic carbocycles. The van der Waals surface area contributed by atoms with Gasteiger partial charge in [0.05, 0.1) is 0 Å². The molecule has 2 rings (SSSR count). The van der Waals surface area contributed by atoms with Crippen LogP contribution in [0, 0.1) is 6.92 Å². The molecule has 0 saturated heterocycles. The summed E-state index contributed by atoms with van der Waals surface area (Å²) >= 11 is 1.16. The van der Waals surface area contributed by atoms with Gasteiger partial charge in [0.25, 0.3) is 0 Å². The molecular weight excluding hydrogens is 320 g/mol. The molecule has 0 saturated carbocycles. The van der Waals surface area contributed by atoms with Gasteiger partial charge in [-0.2, -0.15) is 0 Å². The summed E-state index contributed by atoms with van der Waals surface area (Å²) < 4.78 is 26.9. The Bertz CT molecular complexity index is 740. The fourth-order valence-electron chi connectivity index (χ4n) is 2.04. The monoisotopic (exact) mass is 338 g/mol. The average molecular weight is 338 g/mol. The lowest BCUT2D eigenvalue weighted by atomic mass is 10.2. The molecule has 1 heterocycles. The molecule has 0 spiro atoms. The van der Waals surface area contributed by atoms with Crippen molar-refractivity contribution in [3.05, 3.63) is 47.3 Å². The van der Waals surface area contributed by atoms with Gasteiger partial charge in [0.1, 0.15) is 4.21 Å². The number of rotatable bonds is 6. The van der Waals surface area contributed by atoms with E-state index in [4.69, 9.17) is 0 Å². The van der Waals surface area contributed by atoms with Crippen molar-refractivity contribution in [2.75, 3.05) is 18.0 Å². The van der Waals surface area contributed by atoms with Crippen molar-refractivity contribution in [2.45, 2.75) is 18.1 Å². The van der Waals surface area contributed by atoms with E-state index in [9.17, 15) is 13.2 Å². The van der Waals surface area contributed by atoms with Gasteiger partial charge in [0.15, 0.2) is 0 Å². The van der Waals surface area contributed by atoms with Crippen LogP contribution < -0.4 is 9.62 Å². The summed E-state index contributed by atoms with van der Waals surface area (Å²) in [6.45, 7) is 3.86. The second-order valence-electron chi connectivity index (χ2n) is 4.84. The first-order valence-electron chi connectivity index (χ1n) is 6.78. The zero-order valence-electron chi connectivity index (χ0n) is 12.4. The maximum Gasteiger partial charge on any atom is 0.250 e. The molecule has 118 valence electrons. The normalized spacial score (nSPS) is 11.4. The maximum absolute atomic E-state index is 12.0. The van der Waals surface area contributed by atoms with E-state index in [-0.39, 0.29) is 23.2 Å². The van der Waals surface area contributed by atoms with Crippen LogP contribution in [0.3, 0.4) is 0 Å². The van der Waals surface area contributed by atoms with Gasteiger partial charge < -0.3 is 4.90 Å². The molecule has 0 aliphatic rings. The van der Waals surface area contributed by atoms with E-state index in [1.54, 1.807) is 22.4 Å². The molecule has 1 amide bonds. The fourth-order valence-corrected chi connectivity index (χ4v) is 4.10. The van der Waals surface area contributed by atoms with Crippen molar-refractivity contribution in [1.82, 2.24) is 4.72 Å². The topological polar surface area (TPSA) is 66.5 Å². The summed E-state index contributed by atoms with van der Waals surface area (Å²) in [5.41, 5.74) is 1.81. The van der Waals surface area contributed by atoms with Crippen LogP contribution in [0.15, 0.2) is 46.0 Å². The van der Waals surface area contributed by atoms with E-state index in [0.717, 1.165) is 22.6 Å². The van der Waals surface area contributed by atoms with Gasteiger partial charge in [-0.15, -0.1) is 11.3 Å². The van der Waals surface area contributed by atoms with E-state index in [1.807, 2.05) is 31.2 Å². The van der Waals surface area contributed by atoms with E-state index in [1.165, 1.54) is 6.92 Å². The number of aryl methyl sites for hydroxylation is 1. The smallest absolute Gasteiger partial charge is 0.250 e. The third kappa shape index (κ3) is 4.16. The first-order chi connectivity index (χ1) is 10.4. The summed E-state index contributed by atoms with van der Waals surface area (Å²) in [7, 11) is -3.50. The minimum Gasteiger partial charge on any atom is -0.311 e. The molecule has 0 atom stereocenters. The quantitative estimate of drug-likeness (QED) is 0.879. The Kier molecular flexibility index (Phi) is 5.33. The Morgan fingerprint density at radius 2 is 2.05 bits per heavy atom. The number of thiophene rings is 1. The lowest BCUT2D eigenvalue weighted by Crippen LogP contribution is -2.37. The Morgan fingerprint density at radius 1 is 1.27 bits per heavy atom. The SMILES string of the molecule is CC(=O)N(CCNS(=O)(=O)c1cccs1)c1cccc(C)c1. The van der Waals surface area contributed by atoms with Gasteiger partial charge in [0.2, 0.25) is 15.9 Å². The number of anilines is 1. The van der Waals surface area contributed by atoms with Gasteiger partial charge in [-0.3, -0.25) is 4.79 Å². The molecule has 22 heavy (non-hydrogen) atoms. The van der Waals surface area contributed by atoms with Crippen molar-refractivity contribution in [3.63, 3.8) is 0 Å².